The molecule has 4 rings (SSSR count). The first-order chi connectivity index (χ1) is 20.5. The zero-order chi connectivity index (χ0) is 31.0. The molecule has 2 aliphatic rings. The van der Waals surface area contributed by atoms with Crippen LogP contribution in [0.15, 0.2) is 48.5 Å². The number of carbonyl (C=O) groups excluding carboxylic acids is 1. The maximum atomic E-state index is 14.1. The third-order valence-corrected chi connectivity index (χ3v) is 9.73. The molecule has 1 saturated carbocycles. The van der Waals surface area contributed by atoms with Gasteiger partial charge in [-0.05, 0) is 55.9 Å². The van der Waals surface area contributed by atoms with Crippen LogP contribution in [-0.4, -0.2) is 49.9 Å². The SMILES string of the molecule is CCCCC1CC(NCc2cc(C(F)(F)F)ccc2OCCCS(C)(=O)=O)C(c2ccccc2)N1C(=O)C1CCCCC1. The van der Waals surface area contributed by atoms with Crippen LogP contribution in [0.5, 0.6) is 5.75 Å². The molecule has 10 heteroatoms. The van der Waals surface area contributed by atoms with Crippen LogP contribution in [0.1, 0.15) is 93.9 Å². The lowest BCUT2D eigenvalue weighted by molar-refractivity contribution is -0.140. The lowest BCUT2D eigenvalue weighted by Gasteiger charge is -2.36. The van der Waals surface area contributed by atoms with E-state index in [0.29, 0.717) is 17.7 Å². The molecule has 1 aliphatic carbocycles. The Labute approximate surface area is 254 Å². The van der Waals surface area contributed by atoms with Crippen molar-refractivity contribution in [1.29, 1.82) is 0 Å². The number of ether oxygens (including phenoxy) is 1. The molecule has 1 saturated heterocycles. The molecule has 1 heterocycles. The highest BCUT2D eigenvalue weighted by atomic mass is 32.2. The summed E-state index contributed by atoms with van der Waals surface area (Å²) in [4.78, 5) is 16.2. The van der Waals surface area contributed by atoms with Gasteiger partial charge in [-0.25, -0.2) is 8.42 Å². The van der Waals surface area contributed by atoms with Gasteiger partial charge in [0.05, 0.1) is 24.0 Å². The van der Waals surface area contributed by atoms with Crippen LogP contribution in [0, 0.1) is 5.92 Å². The van der Waals surface area contributed by atoms with Gasteiger partial charge in [-0.2, -0.15) is 13.2 Å². The highest BCUT2D eigenvalue weighted by Gasteiger charge is 2.45. The second-order valence-electron chi connectivity index (χ2n) is 12.1. The Morgan fingerprint density at radius 3 is 2.42 bits per heavy atom. The normalized spacial score (nSPS) is 21.7. The Hall–Kier alpha value is -2.59. The van der Waals surface area contributed by atoms with E-state index in [1.54, 1.807) is 0 Å². The molecule has 2 aromatic rings. The summed E-state index contributed by atoms with van der Waals surface area (Å²) in [5, 5.41) is 3.54. The number of sulfone groups is 1. The predicted molar refractivity (Wildman–Crippen MR) is 162 cm³/mol. The molecule has 6 nitrogen and oxygen atoms in total. The van der Waals surface area contributed by atoms with Gasteiger partial charge in [-0.3, -0.25) is 4.79 Å². The van der Waals surface area contributed by atoms with E-state index in [0.717, 1.165) is 75.3 Å². The lowest BCUT2D eigenvalue weighted by Crippen LogP contribution is -2.44. The van der Waals surface area contributed by atoms with E-state index >= 15 is 0 Å². The number of benzene rings is 2. The Morgan fingerprint density at radius 1 is 1.05 bits per heavy atom. The lowest BCUT2D eigenvalue weighted by atomic mass is 9.87. The smallest absolute Gasteiger partial charge is 0.416 e. The first kappa shape index (κ1) is 33.3. The minimum absolute atomic E-state index is 0.0123. The van der Waals surface area contributed by atoms with Gasteiger partial charge in [0, 0.05) is 36.4 Å². The fraction of sp³-hybridized carbons (Fsp3) is 0.606. The van der Waals surface area contributed by atoms with Crippen molar-refractivity contribution in [3.8, 4) is 5.75 Å². The van der Waals surface area contributed by atoms with Crippen LogP contribution in [0.25, 0.3) is 0 Å². The third kappa shape index (κ3) is 9.20. The fourth-order valence-electron chi connectivity index (χ4n) is 6.55. The molecule has 0 spiro atoms. The maximum Gasteiger partial charge on any atom is 0.416 e. The Bertz CT molecular complexity index is 1300. The van der Waals surface area contributed by atoms with E-state index in [9.17, 15) is 26.4 Å². The molecule has 3 atom stereocenters. The van der Waals surface area contributed by atoms with Crippen molar-refractivity contribution in [1.82, 2.24) is 10.2 Å². The number of nitrogens with zero attached hydrogens (tertiary/aromatic N) is 1. The number of rotatable bonds is 13. The second kappa shape index (κ2) is 14.9. The minimum atomic E-state index is -4.52. The molecule has 43 heavy (non-hydrogen) atoms. The largest absolute Gasteiger partial charge is 0.493 e. The monoisotopic (exact) mass is 622 g/mol. The summed E-state index contributed by atoms with van der Waals surface area (Å²) < 4.78 is 69.9. The summed E-state index contributed by atoms with van der Waals surface area (Å²) in [7, 11) is -3.17. The number of hydrogen-bond acceptors (Lipinski definition) is 5. The number of alkyl halides is 3. The number of likely N-dealkylation sites (tertiary alicyclic amines) is 1. The van der Waals surface area contributed by atoms with Crippen LogP contribution in [0.4, 0.5) is 13.2 Å². The van der Waals surface area contributed by atoms with Gasteiger partial charge in [-0.15, -0.1) is 0 Å². The van der Waals surface area contributed by atoms with Crippen LogP contribution >= 0.6 is 0 Å². The molecule has 1 aliphatic heterocycles. The van der Waals surface area contributed by atoms with E-state index in [4.69, 9.17) is 4.74 Å². The average molecular weight is 623 g/mol. The van der Waals surface area contributed by atoms with Crippen molar-refractivity contribution in [2.45, 2.75) is 102 Å². The molecule has 0 radical (unpaired) electrons. The van der Waals surface area contributed by atoms with Crippen LogP contribution in [0.3, 0.4) is 0 Å². The van der Waals surface area contributed by atoms with Crippen molar-refractivity contribution in [3.05, 3.63) is 65.2 Å². The number of hydrogen-bond donors (Lipinski definition) is 1. The average Bonchev–Trinajstić information content (AvgIpc) is 3.35. The van der Waals surface area contributed by atoms with Gasteiger partial charge in [0.25, 0.3) is 0 Å². The molecule has 238 valence electrons. The fourth-order valence-corrected chi connectivity index (χ4v) is 7.19. The molecular formula is C33H45F3N2O4S. The maximum absolute atomic E-state index is 14.1. The predicted octanol–water partition coefficient (Wildman–Crippen LogP) is 7.09. The van der Waals surface area contributed by atoms with E-state index in [1.807, 2.05) is 30.3 Å². The molecule has 1 amide bonds. The van der Waals surface area contributed by atoms with Gasteiger partial charge in [0.2, 0.25) is 5.91 Å². The van der Waals surface area contributed by atoms with Crippen molar-refractivity contribution in [3.63, 3.8) is 0 Å². The summed E-state index contributed by atoms with van der Waals surface area (Å²) in [6.45, 7) is 2.33. The van der Waals surface area contributed by atoms with Gasteiger partial charge in [0.1, 0.15) is 15.6 Å². The van der Waals surface area contributed by atoms with Gasteiger partial charge >= 0.3 is 6.18 Å². The van der Waals surface area contributed by atoms with Crippen molar-refractivity contribution >= 4 is 15.7 Å². The van der Waals surface area contributed by atoms with Gasteiger partial charge in [-0.1, -0.05) is 69.4 Å². The number of amides is 1. The van der Waals surface area contributed by atoms with E-state index < -0.39 is 21.6 Å². The third-order valence-electron chi connectivity index (χ3n) is 8.70. The van der Waals surface area contributed by atoms with Gasteiger partial charge in [0.15, 0.2) is 0 Å². The number of halogens is 3. The quantitative estimate of drug-likeness (QED) is 0.242. The van der Waals surface area contributed by atoms with Crippen molar-refractivity contribution in [2.24, 2.45) is 5.92 Å². The molecule has 1 N–H and O–H groups in total. The minimum Gasteiger partial charge on any atom is -0.493 e. The van der Waals surface area contributed by atoms with Crippen LogP contribution in [0.2, 0.25) is 0 Å². The Morgan fingerprint density at radius 2 is 1.77 bits per heavy atom. The molecule has 0 aromatic heterocycles. The Kier molecular flexibility index (Phi) is 11.6. The van der Waals surface area contributed by atoms with Crippen LogP contribution in [-0.2, 0) is 27.4 Å². The van der Waals surface area contributed by atoms with E-state index in [-0.39, 0.29) is 55.3 Å². The van der Waals surface area contributed by atoms with E-state index in [2.05, 4.69) is 17.1 Å². The number of unbranched alkanes of at least 4 members (excludes halogenated alkanes) is 1. The standard InChI is InChI=1S/C33H45F3N2O4S/c1-3-4-16-28-22-29(31(24-12-7-5-8-13-24)38(28)32(39)25-14-9-6-10-15-25)37-23-26-21-27(33(34,35)36)17-18-30(26)42-19-11-20-43(2,40)41/h5,7-8,12-13,17-18,21,25,28-29,31,37H,3-4,6,9-11,14-16,19-20,22-23H2,1-2H3. The highest BCUT2D eigenvalue weighted by molar-refractivity contribution is 7.90. The van der Waals surface area contributed by atoms with E-state index in [1.165, 1.54) is 6.07 Å². The summed E-state index contributed by atoms with van der Waals surface area (Å²) in [5.41, 5.74) is 0.598. The topological polar surface area (TPSA) is 75.7 Å². The first-order valence-electron chi connectivity index (χ1n) is 15.6. The summed E-state index contributed by atoms with van der Waals surface area (Å²) in [5.74, 6) is 0.443. The summed E-state index contributed by atoms with van der Waals surface area (Å²) in [6.07, 6.45) is 5.55. The zero-order valence-electron chi connectivity index (χ0n) is 25.2. The number of carbonyl (C=O) groups is 1. The Balaban J connectivity index is 1.61. The van der Waals surface area contributed by atoms with Crippen LogP contribution < -0.4 is 10.1 Å². The highest BCUT2D eigenvalue weighted by Crippen LogP contribution is 2.42. The molecular weight excluding hydrogens is 577 g/mol. The van der Waals surface area contributed by atoms with Crippen molar-refractivity contribution in [2.75, 3.05) is 18.6 Å². The number of nitrogens with one attached hydrogen (secondary N) is 1. The zero-order valence-corrected chi connectivity index (χ0v) is 26.1. The first-order valence-corrected chi connectivity index (χ1v) is 17.6. The van der Waals surface area contributed by atoms with Gasteiger partial charge < -0.3 is 15.0 Å². The molecule has 2 aromatic carbocycles. The second-order valence-corrected chi connectivity index (χ2v) is 14.4. The summed E-state index contributed by atoms with van der Waals surface area (Å²) in [6, 6.07) is 13.0. The van der Waals surface area contributed by atoms with Crippen molar-refractivity contribution < 1.29 is 31.1 Å². The molecule has 0 bridgehead atoms. The summed E-state index contributed by atoms with van der Waals surface area (Å²) >= 11 is 0. The molecule has 2 fully saturated rings. The molecule has 3 unspecified atom stereocenters.